The molecular weight excluding hydrogens is 856 g/mol. The molecule has 4 aliphatic heterocycles. The standard InChI is InChI=1S/C42H54O22/c1-5-22-23(27(39(54)56-4)17-60-40(22)64-42-37(52)34(49)32(47)28(15-44)62-42)13-31(46)61-21-8-6-20(7-9-21)10-11-57-41-36(51)35(50)33(48)29(63-41)18-59-30(45)12-24-25(14-43)19(2)58-16-26(24)38(53)55-3/h5-9,14,16-17,19,23-25,28-29,32-37,40-42,44,47-52H,10-13,15,18H2,1-4H3/b22-5+/t19-,23-,24-,25+,28+,29+,32+,33+,34-,35-,36+,37+,40-,41+,42-/m0/s1. The largest absolute Gasteiger partial charge is 0.497 e. The summed E-state index contributed by atoms with van der Waals surface area (Å²) < 4.78 is 54.0. The SMILES string of the molecule is C/C=C1/[C@H](O[C@@H]2O[C@H](CO)[C@@H](O)[C@H](O)[C@H]2O)OC=C(C(=O)OC)[C@H]1CC(=O)Oc1ccc(CCO[C@@H]2O[C@H](COC(=O)C[C@@H]3C(C(=O)OC)=CO[C@@H](C)[C@H]3C=O)[C@@H](O)[C@H](O)[C@H]2O)cc1. The lowest BCUT2D eigenvalue weighted by Gasteiger charge is -2.41. The Kier molecular flexibility index (Phi) is 17.9. The molecule has 0 saturated carbocycles. The van der Waals surface area contributed by atoms with Crippen molar-refractivity contribution in [2.45, 2.75) is 107 Å². The summed E-state index contributed by atoms with van der Waals surface area (Å²) in [7, 11) is 2.27. The molecule has 0 aromatic heterocycles. The minimum absolute atomic E-state index is 0.0329. The number of hydrogen-bond donors (Lipinski definition) is 7. The van der Waals surface area contributed by atoms with Crippen LogP contribution in [0.25, 0.3) is 0 Å². The molecule has 4 heterocycles. The monoisotopic (exact) mass is 910 g/mol. The Morgan fingerprint density at radius 3 is 1.98 bits per heavy atom. The average molecular weight is 911 g/mol. The number of aliphatic hydroxyl groups is 7. The summed E-state index contributed by atoms with van der Waals surface area (Å²) in [5.74, 6) is -5.90. The van der Waals surface area contributed by atoms with Crippen LogP contribution in [0.4, 0.5) is 0 Å². The number of carbonyl (C=O) groups is 5. The Balaban J connectivity index is 1.13. The number of allylic oxidation sites excluding steroid dienone is 1. The number of esters is 4. The van der Waals surface area contributed by atoms with E-state index in [2.05, 4.69) is 0 Å². The van der Waals surface area contributed by atoms with Crippen LogP contribution in [-0.2, 0) is 73.0 Å². The summed E-state index contributed by atoms with van der Waals surface area (Å²) in [4.78, 5) is 63.0. The van der Waals surface area contributed by atoms with Gasteiger partial charge in [0.1, 0.15) is 73.6 Å². The molecule has 0 aliphatic carbocycles. The molecule has 0 bridgehead atoms. The second kappa shape index (κ2) is 22.9. The van der Waals surface area contributed by atoms with Crippen molar-refractivity contribution < 1.29 is 107 Å². The molecule has 0 radical (unpaired) electrons. The lowest BCUT2D eigenvalue weighted by molar-refractivity contribution is -0.327. The van der Waals surface area contributed by atoms with Crippen molar-refractivity contribution in [3.05, 3.63) is 65.1 Å². The minimum atomic E-state index is -1.75. The van der Waals surface area contributed by atoms with Gasteiger partial charge in [-0.3, -0.25) is 9.59 Å². The summed E-state index contributed by atoms with van der Waals surface area (Å²) in [6.07, 6.45) is -14.2. The summed E-state index contributed by atoms with van der Waals surface area (Å²) >= 11 is 0. The molecule has 4 aliphatic rings. The van der Waals surface area contributed by atoms with E-state index >= 15 is 0 Å². The first-order chi connectivity index (χ1) is 30.6. The van der Waals surface area contributed by atoms with Crippen LogP contribution < -0.4 is 4.74 Å². The predicted octanol–water partition coefficient (Wildman–Crippen LogP) is -2.02. The van der Waals surface area contributed by atoms with E-state index in [1.165, 1.54) is 18.2 Å². The molecule has 1 aromatic rings. The van der Waals surface area contributed by atoms with Gasteiger partial charge in [-0.05, 0) is 38.0 Å². The number of hydrogen-bond acceptors (Lipinski definition) is 22. The highest BCUT2D eigenvalue weighted by Gasteiger charge is 2.48. The van der Waals surface area contributed by atoms with Crippen molar-refractivity contribution in [1.82, 2.24) is 0 Å². The van der Waals surface area contributed by atoms with Gasteiger partial charge in [0.05, 0.1) is 69.9 Å². The molecule has 2 saturated heterocycles. The van der Waals surface area contributed by atoms with Crippen LogP contribution in [0, 0.1) is 17.8 Å². The number of ether oxygens (including phenoxy) is 10. The lowest BCUT2D eigenvalue weighted by atomic mass is 9.80. The number of aliphatic hydroxyl groups excluding tert-OH is 7. The molecule has 22 heteroatoms. The van der Waals surface area contributed by atoms with Gasteiger partial charge in [0.15, 0.2) is 12.6 Å². The van der Waals surface area contributed by atoms with E-state index in [0.29, 0.717) is 11.8 Å². The van der Waals surface area contributed by atoms with Gasteiger partial charge in [0, 0.05) is 17.4 Å². The second-order valence-corrected chi connectivity index (χ2v) is 15.3. The molecule has 15 atom stereocenters. The fourth-order valence-electron chi connectivity index (χ4n) is 7.55. The molecule has 22 nitrogen and oxygen atoms in total. The van der Waals surface area contributed by atoms with E-state index in [1.54, 1.807) is 26.0 Å². The highest BCUT2D eigenvalue weighted by Crippen LogP contribution is 2.37. The summed E-state index contributed by atoms with van der Waals surface area (Å²) in [5, 5.41) is 72.0. The van der Waals surface area contributed by atoms with Gasteiger partial charge < -0.3 is 87.9 Å². The van der Waals surface area contributed by atoms with Crippen molar-refractivity contribution in [3.8, 4) is 5.75 Å². The maximum Gasteiger partial charge on any atom is 0.337 e. The smallest absolute Gasteiger partial charge is 0.337 e. The second-order valence-electron chi connectivity index (χ2n) is 15.3. The number of methoxy groups -OCH3 is 2. The molecule has 5 rings (SSSR count). The van der Waals surface area contributed by atoms with Crippen LogP contribution in [0.15, 0.2) is 59.6 Å². The van der Waals surface area contributed by atoms with Crippen LogP contribution in [0.3, 0.4) is 0 Å². The van der Waals surface area contributed by atoms with E-state index < -0.39 is 141 Å². The van der Waals surface area contributed by atoms with Crippen molar-refractivity contribution in [2.24, 2.45) is 17.8 Å². The molecule has 0 amide bonds. The quantitative estimate of drug-likeness (QED) is 0.0292. The van der Waals surface area contributed by atoms with E-state index in [-0.39, 0.29) is 35.5 Å². The molecule has 0 unspecified atom stereocenters. The number of carbonyl (C=O) groups excluding carboxylic acids is 5. The number of rotatable bonds is 17. The molecule has 7 N–H and O–H groups in total. The van der Waals surface area contributed by atoms with Crippen LogP contribution in [0.5, 0.6) is 5.75 Å². The van der Waals surface area contributed by atoms with Crippen molar-refractivity contribution in [3.63, 3.8) is 0 Å². The summed E-state index contributed by atoms with van der Waals surface area (Å²) in [6.45, 7) is 1.83. The zero-order valence-electron chi connectivity index (χ0n) is 35.3. The lowest BCUT2D eigenvalue weighted by Crippen LogP contribution is -2.60. The predicted molar refractivity (Wildman–Crippen MR) is 209 cm³/mol. The fraction of sp³-hybridized carbons (Fsp3) is 0.595. The van der Waals surface area contributed by atoms with Gasteiger partial charge in [-0.25, -0.2) is 9.59 Å². The van der Waals surface area contributed by atoms with Crippen LogP contribution in [0.1, 0.15) is 32.3 Å². The van der Waals surface area contributed by atoms with E-state index in [4.69, 9.17) is 47.4 Å². The van der Waals surface area contributed by atoms with Crippen molar-refractivity contribution in [2.75, 3.05) is 34.0 Å². The normalized spacial score (nSPS) is 34.5. The molecule has 1 aromatic carbocycles. The van der Waals surface area contributed by atoms with Crippen molar-refractivity contribution in [1.29, 1.82) is 0 Å². The Morgan fingerprint density at radius 1 is 0.750 bits per heavy atom. The zero-order chi connectivity index (χ0) is 46.8. The Hall–Kier alpha value is -4.85. The summed E-state index contributed by atoms with van der Waals surface area (Å²) in [5.41, 5.74) is 0.822. The third-order valence-corrected chi connectivity index (χ3v) is 11.3. The van der Waals surface area contributed by atoms with Gasteiger partial charge in [-0.15, -0.1) is 0 Å². The van der Waals surface area contributed by atoms with Gasteiger partial charge in [-0.2, -0.15) is 0 Å². The molecule has 2 fully saturated rings. The average Bonchev–Trinajstić information content (AvgIpc) is 3.29. The van der Waals surface area contributed by atoms with Gasteiger partial charge in [0.2, 0.25) is 6.29 Å². The fourth-order valence-corrected chi connectivity index (χ4v) is 7.55. The Morgan fingerprint density at radius 2 is 1.36 bits per heavy atom. The molecule has 64 heavy (non-hydrogen) atoms. The third-order valence-electron chi connectivity index (χ3n) is 11.3. The maximum absolute atomic E-state index is 13.3. The van der Waals surface area contributed by atoms with E-state index in [1.807, 2.05) is 0 Å². The van der Waals surface area contributed by atoms with Crippen molar-refractivity contribution >= 4 is 30.2 Å². The molecule has 0 spiro atoms. The zero-order valence-corrected chi connectivity index (χ0v) is 35.3. The van der Waals surface area contributed by atoms with E-state index in [9.17, 15) is 59.7 Å². The first kappa shape index (κ1) is 50.2. The Bertz CT molecular complexity index is 1880. The van der Waals surface area contributed by atoms with Gasteiger partial charge in [-0.1, -0.05) is 18.2 Å². The topological polar surface area (TPSA) is 319 Å². The highest BCUT2D eigenvalue weighted by atomic mass is 16.8. The maximum atomic E-state index is 13.3. The minimum Gasteiger partial charge on any atom is -0.497 e. The first-order valence-electron chi connectivity index (χ1n) is 20.3. The number of benzene rings is 1. The third kappa shape index (κ3) is 11.7. The van der Waals surface area contributed by atoms with Gasteiger partial charge in [0.25, 0.3) is 0 Å². The van der Waals surface area contributed by atoms with E-state index in [0.717, 1.165) is 26.7 Å². The Labute approximate surface area is 366 Å². The molecule has 354 valence electrons. The molecular formula is C42H54O22. The number of aldehydes is 1. The summed E-state index contributed by atoms with van der Waals surface area (Å²) in [6, 6.07) is 6.23. The van der Waals surface area contributed by atoms with Crippen LogP contribution in [-0.4, -0.2) is 174 Å². The van der Waals surface area contributed by atoms with Crippen LogP contribution >= 0.6 is 0 Å². The van der Waals surface area contributed by atoms with Gasteiger partial charge >= 0.3 is 23.9 Å². The highest BCUT2D eigenvalue weighted by molar-refractivity contribution is 5.91. The van der Waals surface area contributed by atoms with Crippen LogP contribution in [0.2, 0.25) is 0 Å². The first-order valence-corrected chi connectivity index (χ1v) is 20.3.